The lowest BCUT2D eigenvalue weighted by molar-refractivity contribution is -0.137. The van der Waals surface area contributed by atoms with Crippen LogP contribution in [0.15, 0.2) is 18.2 Å². The summed E-state index contributed by atoms with van der Waals surface area (Å²) >= 11 is 0. The van der Waals surface area contributed by atoms with Crippen molar-refractivity contribution in [3.05, 3.63) is 29.3 Å². The Kier molecular flexibility index (Phi) is 3.91. The molecule has 1 aromatic rings. The van der Waals surface area contributed by atoms with Gasteiger partial charge in [0.1, 0.15) is 0 Å². The van der Waals surface area contributed by atoms with Crippen molar-refractivity contribution in [2.75, 3.05) is 18.1 Å². The van der Waals surface area contributed by atoms with Gasteiger partial charge in [0.05, 0.1) is 29.8 Å². The molecule has 3 nitrogen and oxygen atoms in total. The normalized spacial score (nSPS) is 22.9. The number of benzene rings is 1. The Bertz CT molecular complexity index is 536. The number of aliphatic hydroxyl groups excluding tert-OH is 1. The molecule has 0 spiro atoms. The topological polar surface area (TPSA) is 47.3 Å². The number of aliphatic hydroxyl groups is 1. The summed E-state index contributed by atoms with van der Waals surface area (Å²) < 4.78 is 38.8. The van der Waals surface area contributed by atoms with Gasteiger partial charge in [-0.3, -0.25) is 0 Å². The van der Waals surface area contributed by atoms with E-state index in [0.717, 1.165) is 12.5 Å². The fraction of sp³-hybridized carbons (Fsp3) is 0.500. The Hall–Kier alpha value is -1.74. The van der Waals surface area contributed by atoms with Crippen molar-refractivity contribution in [1.29, 1.82) is 5.26 Å². The Morgan fingerprint density at radius 3 is 2.70 bits per heavy atom. The number of nitrogens with zero attached hydrogens (tertiary/aromatic N) is 2. The average Bonchev–Trinajstić information content (AvgIpc) is 2.78. The molecule has 6 heteroatoms. The Morgan fingerprint density at radius 1 is 1.45 bits per heavy atom. The first kappa shape index (κ1) is 14.7. The number of anilines is 1. The fourth-order valence-corrected chi connectivity index (χ4v) is 2.65. The maximum Gasteiger partial charge on any atom is 0.417 e. The van der Waals surface area contributed by atoms with Crippen molar-refractivity contribution in [3.8, 4) is 6.07 Å². The molecule has 2 rings (SSSR count). The van der Waals surface area contributed by atoms with E-state index >= 15 is 0 Å². The van der Waals surface area contributed by atoms with Crippen molar-refractivity contribution >= 4 is 5.69 Å². The van der Waals surface area contributed by atoms with Gasteiger partial charge in [-0.05, 0) is 30.5 Å². The zero-order valence-electron chi connectivity index (χ0n) is 11.0. The molecule has 2 unspecified atom stereocenters. The van der Waals surface area contributed by atoms with Gasteiger partial charge in [-0.15, -0.1) is 0 Å². The van der Waals surface area contributed by atoms with Gasteiger partial charge in [-0.1, -0.05) is 6.92 Å². The van der Waals surface area contributed by atoms with Crippen LogP contribution in [-0.2, 0) is 6.18 Å². The number of halogens is 3. The summed E-state index contributed by atoms with van der Waals surface area (Å²) in [6.45, 7) is 2.48. The van der Waals surface area contributed by atoms with Gasteiger partial charge in [-0.2, -0.15) is 18.4 Å². The second-order valence-electron chi connectivity index (χ2n) is 5.05. The highest BCUT2D eigenvalue weighted by Crippen LogP contribution is 2.36. The zero-order valence-corrected chi connectivity index (χ0v) is 11.0. The molecule has 1 heterocycles. The lowest BCUT2D eigenvalue weighted by atomic mass is 10.0. The van der Waals surface area contributed by atoms with Crippen molar-refractivity contribution in [1.82, 2.24) is 0 Å². The van der Waals surface area contributed by atoms with Crippen LogP contribution >= 0.6 is 0 Å². The number of hydrogen-bond acceptors (Lipinski definition) is 3. The molecule has 20 heavy (non-hydrogen) atoms. The molecule has 0 saturated carbocycles. The first-order chi connectivity index (χ1) is 9.38. The van der Waals surface area contributed by atoms with Crippen molar-refractivity contribution in [3.63, 3.8) is 0 Å². The predicted octanol–water partition coefficient (Wildman–Crippen LogP) is 2.78. The van der Waals surface area contributed by atoms with Crippen molar-refractivity contribution in [2.45, 2.75) is 25.6 Å². The molecule has 1 fully saturated rings. The SMILES string of the molecule is CC1CCN(c2ccc(C#N)c(C(F)(F)F)c2)C1CO. The van der Waals surface area contributed by atoms with E-state index in [9.17, 15) is 18.3 Å². The molecular weight excluding hydrogens is 269 g/mol. The first-order valence-corrected chi connectivity index (χ1v) is 6.37. The summed E-state index contributed by atoms with van der Waals surface area (Å²) in [7, 11) is 0. The molecule has 1 aliphatic rings. The third kappa shape index (κ3) is 2.59. The van der Waals surface area contributed by atoms with Crippen molar-refractivity contribution < 1.29 is 18.3 Å². The highest BCUT2D eigenvalue weighted by molar-refractivity contribution is 5.56. The summed E-state index contributed by atoms with van der Waals surface area (Å²) in [4.78, 5) is 1.78. The Labute approximate surface area is 115 Å². The van der Waals surface area contributed by atoms with E-state index in [1.807, 2.05) is 6.92 Å². The van der Waals surface area contributed by atoms with Crippen LogP contribution in [0.25, 0.3) is 0 Å². The molecule has 0 aliphatic carbocycles. The van der Waals surface area contributed by atoms with E-state index in [1.54, 1.807) is 11.0 Å². The van der Waals surface area contributed by atoms with Crippen LogP contribution in [0.4, 0.5) is 18.9 Å². The van der Waals surface area contributed by atoms with Crippen LogP contribution in [0.5, 0.6) is 0 Å². The lowest BCUT2D eigenvalue weighted by Gasteiger charge is -2.28. The smallest absolute Gasteiger partial charge is 0.394 e. The van der Waals surface area contributed by atoms with Gasteiger partial charge in [-0.25, -0.2) is 0 Å². The van der Waals surface area contributed by atoms with Crippen LogP contribution in [0.3, 0.4) is 0 Å². The third-order valence-electron chi connectivity index (χ3n) is 3.83. The van der Waals surface area contributed by atoms with E-state index in [4.69, 9.17) is 5.26 Å². The van der Waals surface area contributed by atoms with Gasteiger partial charge < -0.3 is 10.0 Å². The molecule has 1 aliphatic heterocycles. The van der Waals surface area contributed by atoms with Gasteiger partial charge in [0.2, 0.25) is 0 Å². The van der Waals surface area contributed by atoms with Crippen LogP contribution in [0.1, 0.15) is 24.5 Å². The summed E-state index contributed by atoms with van der Waals surface area (Å²) in [6, 6.07) is 5.09. The minimum atomic E-state index is -4.55. The van der Waals surface area contributed by atoms with Crippen LogP contribution in [-0.4, -0.2) is 24.3 Å². The van der Waals surface area contributed by atoms with Crippen LogP contribution in [0, 0.1) is 17.2 Å². The predicted molar refractivity (Wildman–Crippen MR) is 68.2 cm³/mol. The molecule has 2 atom stereocenters. The summed E-state index contributed by atoms with van der Waals surface area (Å²) in [6.07, 6.45) is -3.73. The van der Waals surface area contributed by atoms with Crippen LogP contribution < -0.4 is 4.90 Å². The zero-order chi connectivity index (χ0) is 14.9. The maximum atomic E-state index is 12.9. The molecule has 1 N–H and O–H groups in total. The van der Waals surface area contributed by atoms with Gasteiger partial charge in [0, 0.05) is 12.2 Å². The molecule has 0 aromatic heterocycles. The molecule has 108 valence electrons. The second kappa shape index (κ2) is 5.33. The maximum absolute atomic E-state index is 12.9. The Balaban J connectivity index is 2.42. The quantitative estimate of drug-likeness (QED) is 0.908. The largest absolute Gasteiger partial charge is 0.417 e. The highest BCUT2D eigenvalue weighted by Gasteiger charge is 2.36. The standard InChI is InChI=1S/C14H15F3N2O/c1-9-4-5-19(13(9)8-20)11-3-2-10(7-18)12(6-11)14(15,16)17/h2-3,6,9,13,20H,4-5,8H2,1H3. The molecule has 0 amide bonds. The minimum Gasteiger partial charge on any atom is -0.394 e. The molecule has 0 radical (unpaired) electrons. The molecule has 0 bridgehead atoms. The van der Waals surface area contributed by atoms with E-state index in [2.05, 4.69) is 0 Å². The fourth-order valence-electron chi connectivity index (χ4n) is 2.65. The summed E-state index contributed by atoms with van der Waals surface area (Å²) in [5.74, 6) is 0.227. The Morgan fingerprint density at radius 2 is 2.15 bits per heavy atom. The number of alkyl halides is 3. The summed E-state index contributed by atoms with van der Waals surface area (Å²) in [5.41, 5.74) is -0.900. The van der Waals surface area contributed by atoms with E-state index < -0.39 is 11.7 Å². The van der Waals surface area contributed by atoms with E-state index in [0.29, 0.717) is 12.2 Å². The summed E-state index contributed by atoms with van der Waals surface area (Å²) in [5, 5.41) is 18.2. The third-order valence-corrected chi connectivity index (χ3v) is 3.83. The van der Waals surface area contributed by atoms with Gasteiger partial charge >= 0.3 is 6.18 Å². The average molecular weight is 284 g/mol. The second-order valence-corrected chi connectivity index (χ2v) is 5.05. The number of rotatable bonds is 2. The monoisotopic (exact) mass is 284 g/mol. The minimum absolute atomic E-state index is 0.0947. The lowest BCUT2D eigenvalue weighted by Crippen LogP contribution is -2.35. The van der Waals surface area contributed by atoms with Gasteiger partial charge in [0.15, 0.2) is 0 Å². The van der Waals surface area contributed by atoms with Gasteiger partial charge in [0.25, 0.3) is 0 Å². The van der Waals surface area contributed by atoms with E-state index in [1.165, 1.54) is 12.1 Å². The molecule has 1 saturated heterocycles. The number of hydrogen-bond donors (Lipinski definition) is 1. The first-order valence-electron chi connectivity index (χ1n) is 6.37. The van der Waals surface area contributed by atoms with Crippen LogP contribution in [0.2, 0.25) is 0 Å². The number of nitriles is 1. The highest BCUT2D eigenvalue weighted by atomic mass is 19.4. The van der Waals surface area contributed by atoms with E-state index in [-0.39, 0.29) is 24.1 Å². The van der Waals surface area contributed by atoms with Crippen molar-refractivity contribution in [2.24, 2.45) is 5.92 Å². The molecular formula is C14H15F3N2O. The molecule has 1 aromatic carbocycles.